The first-order chi connectivity index (χ1) is 8.08. The van der Waals surface area contributed by atoms with Crippen molar-refractivity contribution < 1.29 is 4.79 Å². The highest BCUT2D eigenvalue weighted by Crippen LogP contribution is 2.26. The smallest absolute Gasteiger partial charge is 0.169 e. The predicted octanol–water partition coefficient (Wildman–Crippen LogP) is 4.90. The molecule has 0 atom stereocenters. The van der Waals surface area contributed by atoms with E-state index >= 15 is 0 Å². The quantitative estimate of drug-likeness (QED) is 0.732. The van der Waals surface area contributed by atoms with Crippen LogP contribution in [0.25, 0.3) is 0 Å². The molecule has 17 heavy (non-hydrogen) atoms. The summed E-state index contributed by atoms with van der Waals surface area (Å²) in [4.78, 5) is 13.1. The lowest BCUT2D eigenvalue weighted by atomic mass is 10.1. The number of aryl methyl sites for hydroxylation is 1. The summed E-state index contributed by atoms with van der Waals surface area (Å²) in [6.45, 7) is 1.90. The summed E-state index contributed by atoms with van der Waals surface area (Å²) in [7, 11) is 0. The van der Waals surface area contributed by atoms with Crippen molar-refractivity contribution in [2.75, 3.05) is 0 Å². The van der Waals surface area contributed by atoms with Gasteiger partial charge in [0.05, 0.1) is 8.81 Å². The molecule has 2 rings (SSSR count). The first-order valence-corrected chi connectivity index (χ1v) is 7.09. The lowest BCUT2D eigenvalue weighted by Crippen LogP contribution is -2.03. The fraction of sp³-hybridized carbons (Fsp3) is 0.154. The molecule has 0 aliphatic heterocycles. The van der Waals surface area contributed by atoms with E-state index in [0.717, 1.165) is 14.2 Å². The molecule has 88 valence electrons. The van der Waals surface area contributed by atoms with Gasteiger partial charge in [-0.3, -0.25) is 4.79 Å². The van der Waals surface area contributed by atoms with Crippen LogP contribution in [0, 0.1) is 6.92 Å². The number of Topliss-reactive ketones (excluding diaryl/α,β-unsaturated/α-hetero) is 1. The zero-order valence-electron chi connectivity index (χ0n) is 9.17. The van der Waals surface area contributed by atoms with Gasteiger partial charge in [-0.2, -0.15) is 0 Å². The second-order valence-corrected chi connectivity index (χ2v) is 6.67. The van der Waals surface area contributed by atoms with Crippen molar-refractivity contribution >= 4 is 44.7 Å². The number of hydrogen-bond acceptors (Lipinski definition) is 2. The van der Waals surface area contributed by atoms with Gasteiger partial charge >= 0.3 is 0 Å². The Hall–Kier alpha value is -0.640. The van der Waals surface area contributed by atoms with Gasteiger partial charge in [-0.15, -0.1) is 11.3 Å². The molecule has 0 aliphatic carbocycles. The Morgan fingerprint density at radius 3 is 2.76 bits per heavy atom. The van der Waals surface area contributed by atoms with E-state index < -0.39 is 0 Å². The highest BCUT2D eigenvalue weighted by Gasteiger charge is 2.13. The van der Waals surface area contributed by atoms with Crippen LogP contribution in [0.3, 0.4) is 0 Å². The van der Waals surface area contributed by atoms with Crippen LogP contribution in [0.5, 0.6) is 0 Å². The standard InChI is InChI=1S/C13H10BrClOS/c1-8-3-2-4-10(13(8)15)11(16)7-9-5-6-12(14)17-9/h2-6H,7H2,1H3. The van der Waals surface area contributed by atoms with Crippen molar-refractivity contribution in [2.24, 2.45) is 0 Å². The molecule has 0 fully saturated rings. The Bertz CT molecular complexity index is 562. The topological polar surface area (TPSA) is 17.1 Å². The third kappa shape index (κ3) is 2.97. The molecule has 0 spiro atoms. The lowest BCUT2D eigenvalue weighted by molar-refractivity contribution is 0.0994. The van der Waals surface area contributed by atoms with Gasteiger partial charge in [-0.1, -0.05) is 23.7 Å². The molecule has 0 amide bonds. The van der Waals surface area contributed by atoms with Crippen molar-refractivity contribution in [1.82, 2.24) is 0 Å². The third-order valence-corrected chi connectivity index (χ3v) is 4.58. The molecule has 0 saturated carbocycles. The van der Waals surface area contributed by atoms with Gasteiger partial charge in [0.2, 0.25) is 0 Å². The molecule has 0 radical (unpaired) electrons. The second-order valence-electron chi connectivity index (χ2n) is 3.74. The zero-order chi connectivity index (χ0) is 12.4. The predicted molar refractivity (Wildman–Crippen MR) is 76.2 cm³/mol. The number of halogens is 2. The van der Waals surface area contributed by atoms with Gasteiger partial charge in [0.1, 0.15) is 0 Å². The highest BCUT2D eigenvalue weighted by molar-refractivity contribution is 9.11. The zero-order valence-corrected chi connectivity index (χ0v) is 12.3. The van der Waals surface area contributed by atoms with Crippen LogP contribution in [-0.4, -0.2) is 5.78 Å². The monoisotopic (exact) mass is 328 g/mol. The van der Waals surface area contributed by atoms with Crippen LogP contribution in [-0.2, 0) is 6.42 Å². The van der Waals surface area contributed by atoms with Crippen molar-refractivity contribution in [1.29, 1.82) is 0 Å². The first kappa shape index (κ1) is 12.8. The molecule has 4 heteroatoms. The fourth-order valence-electron chi connectivity index (χ4n) is 1.56. The lowest BCUT2D eigenvalue weighted by Gasteiger charge is -2.04. The average Bonchev–Trinajstić information content (AvgIpc) is 2.68. The van der Waals surface area contributed by atoms with Crippen LogP contribution in [0.4, 0.5) is 0 Å². The maximum Gasteiger partial charge on any atom is 0.169 e. The van der Waals surface area contributed by atoms with E-state index in [4.69, 9.17) is 11.6 Å². The summed E-state index contributed by atoms with van der Waals surface area (Å²) < 4.78 is 1.04. The summed E-state index contributed by atoms with van der Waals surface area (Å²) >= 11 is 11.1. The molecule has 2 aromatic rings. The van der Waals surface area contributed by atoms with Gasteiger partial charge in [0, 0.05) is 16.9 Å². The number of hydrogen-bond donors (Lipinski definition) is 0. The molecule has 0 saturated heterocycles. The molecule has 0 aliphatic rings. The van der Waals surface area contributed by atoms with E-state index in [1.54, 1.807) is 17.4 Å². The molecule has 1 aromatic carbocycles. The SMILES string of the molecule is Cc1cccc(C(=O)Cc2ccc(Br)s2)c1Cl. The third-order valence-electron chi connectivity index (χ3n) is 2.46. The van der Waals surface area contributed by atoms with Gasteiger partial charge in [0.15, 0.2) is 5.78 Å². The number of ketones is 1. The van der Waals surface area contributed by atoms with Crippen molar-refractivity contribution in [3.8, 4) is 0 Å². The molecular formula is C13H10BrClOS. The Morgan fingerprint density at radius 2 is 2.12 bits per heavy atom. The molecule has 1 aromatic heterocycles. The molecule has 1 nitrogen and oxygen atoms in total. The molecule has 0 unspecified atom stereocenters. The molecule has 0 bridgehead atoms. The molecule has 0 N–H and O–H groups in total. The first-order valence-electron chi connectivity index (χ1n) is 5.10. The van der Waals surface area contributed by atoms with Gasteiger partial charge < -0.3 is 0 Å². The largest absolute Gasteiger partial charge is 0.294 e. The maximum atomic E-state index is 12.1. The van der Waals surface area contributed by atoms with E-state index in [1.165, 1.54) is 0 Å². The fourth-order valence-corrected chi connectivity index (χ4v) is 3.28. The number of carbonyl (C=O) groups excluding carboxylic acids is 1. The van der Waals surface area contributed by atoms with Crippen LogP contribution < -0.4 is 0 Å². The minimum atomic E-state index is 0.0630. The van der Waals surface area contributed by atoms with Gasteiger partial charge in [0.25, 0.3) is 0 Å². The van der Waals surface area contributed by atoms with Gasteiger partial charge in [-0.05, 0) is 46.6 Å². The van der Waals surface area contributed by atoms with Crippen LogP contribution in [0.1, 0.15) is 20.8 Å². The summed E-state index contributed by atoms with van der Waals surface area (Å²) in [5.74, 6) is 0.0630. The number of rotatable bonds is 3. The Morgan fingerprint density at radius 1 is 1.35 bits per heavy atom. The minimum Gasteiger partial charge on any atom is -0.294 e. The van der Waals surface area contributed by atoms with Crippen molar-refractivity contribution in [2.45, 2.75) is 13.3 Å². The second kappa shape index (κ2) is 5.34. The summed E-state index contributed by atoms with van der Waals surface area (Å²) in [6, 6.07) is 9.45. The Balaban J connectivity index is 2.23. The number of thiophene rings is 1. The van der Waals surface area contributed by atoms with Crippen molar-refractivity contribution in [3.05, 3.63) is 55.1 Å². The summed E-state index contributed by atoms with van der Waals surface area (Å²) in [6.07, 6.45) is 0.402. The Kier molecular flexibility index (Phi) is 4.02. The van der Waals surface area contributed by atoms with Crippen LogP contribution >= 0.6 is 38.9 Å². The number of benzene rings is 1. The Labute approximate surface area is 118 Å². The van der Waals surface area contributed by atoms with E-state index in [-0.39, 0.29) is 5.78 Å². The van der Waals surface area contributed by atoms with E-state index in [1.807, 2.05) is 31.2 Å². The van der Waals surface area contributed by atoms with E-state index in [2.05, 4.69) is 15.9 Å². The van der Waals surface area contributed by atoms with Crippen LogP contribution in [0.2, 0.25) is 5.02 Å². The minimum absolute atomic E-state index is 0.0630. The summed E-state index contributed by atoms with van der Waals surface area (Å²) in [5, 5.41) is 0.563. The molecule has 1 heterocycles. The molecular weight excluding hydrogens is 320 g/mol. The normalized spacial score (nSPS) is 10.5. The highest BCUT2D eigenvalue weighted by atomic mass is 79.9. The van der Waals surface area contributed by atoms with Crippen LogP contribution in [0.15, 0.2) is 34.1 Å². The average molecular weight is 330 g/mol. The van der Waals surface area contributed by atoms with E-state index in [0.29, 0.717) is 17.0 Å². The number of carbonyl (C=O) groups is 1. The summed E-state index contributed by atoms with van der Waals surface area (Å²) in [5.41, 5.74) is 1.54. The maximum absolute atomic E-state index is 12.1. The van der Waals surface area contributed by atoms with Crippen molar-refractivity contribution in [3.63, 3.8) is 0 Å². The van der Waals surface area contributed by atoms with E-state index in [9.17, 15) is 4.79 Å². The van der Waals surface area contributed by atoms with Gasteiger partial charge in [-0.25, -0.2) is 0 Å².